The molecular weight excluding hydrogens is 312 g/mol. The summed E-state index contributed by atoms with van der Waals surface area (Å²) >= 11 is 0. The van der Waals surface area contributed by atoms with Crippen LogP contribution in [0.25, 0.3) is 0 Å². The molecule has 0 aliphatic heterocycles. The summed E-state index contributed by atoms with van der Waals surface area (Å²) in [6, 6.07) is 4.04. The highest BCUT2D eigenvalue weighted by atomic mass is 32.2. The van der Waals surface area contributed by atoms with Crippen LogP contribution in [0, 0.1) is 26.7 Å². The van der Waals surface area contributed by atoms with E-state index in [4.69, 9.17) is 0 Å². The zero-order valence-corrected chi connectivity index (χ0v) is 15.8. The number of nitrogens with one attached hydrogen (secondary N) is 1. The summed E-state index contributed by atoms with van der Waals surface area (Å²) in [4.78, 5) is 12.2. The van der Waals surface area contributed by atoms with Crippen LogP contribution in [0.15, 0.2) is 12.1 Å². The van der Waals surface area contributed by atoms with E-state index in [9.17, 15) is 13.2 Å². The molecule has 0 bridgehead atoms. The Morgan fingerprint density at radius 3 is 2.13 bits per heavy atom. The van der Waals surface area contributed by atoms with E-state index in [0.29, 0.717) is 6.54 Å². The van der Waals surface area contributed by atoms with Gasteiger partial charge in [0.1, 0.15) is 0 Å². The van der Waals surface area contributed by atoms with Gasteiger partial charge in [-0.05, 0) is 37.8 Å². The molecule has 1 aromatic carbocycles. The third-order valence-corrected chi connectivity index (χ3v) is 4.84. The molecule has 130 valence electrons. The molecule has 0 spiro atoms. The van der Waals surface area contributed by atoms with Gasteiger partial charge in [0.25, 0.3) is 0 Å². The van der Waals surface area contributed by atoms with Crippen molar-refractivity contribution in [2.45, 2.75) is 41.0 Å². The number of carbonyl (C=O) groups excluding carboxylic acids is 1. The lowest BCUT2D eigenvalue weighted by atomic mass is 10.1. The standard InChI is InChI=1S/C17H28N2O3S/c1-12(2)11-19(23(6,21)22)8-7-16(20)18-17-14(4)9-13(3)10-15(17)5/h9-10,12H,7-8,11H2,1-6H3,(H,18,20). The lowest BCUT2D eigenvalue weighted by molar-refractivity contribution is -0.116. The Labute approximate surface area is 140 Å². The molecule has 1 amide bonds. The minimum absolute atomic E-state index is 0.145. The van der Waals surface area contributed by atoms with Gasteiger partial charge in [0.15, 0.2) is 0 Å². The van der Waals surface area contributed by atoms with Gasteiger partial charge in [-0.25, -0.2) is 12.7 Å². The summed E-state index contributed by atoms with van der Waals surface area (Å²) in [6.07, 6.45) is 1.33. The van der Waals surface area contributed by atoms with Crippen LogP contribution in [0.3, 0.4) is 0 Å². The quantitative estimate of drug-likeness (QED) is 0.830. The summed E-state index contributed by atoms with van der Waals surface area (Å²) in [5.74, 6) is 0.0480. The zero-order chi connectivity index (χ0) is 17.8. The van der Waals surface area contributed by atoms with E-state index in [0.717, 1.165) is 22.4 Å². The fourth-order valence-electron chi connectivity index (χ4n) is 2.61. The van der Waals surface area contributed by atoms with Crippen molar-refractivity contribution >= 4 is 21.6 Å². The van der Waals surface area contributed by atoms with Crippen molar-refractivity contribution in [3.05, 3.63) is 28.8 Å². The number of carbonyl (C=O) groups is 1. The molecule has 0 aromatic heterocycles. The third-order valence-electron chi connectivity index (χ3n) is 3.57. The average molecular weight is 340 g/mol. The van der Waals surface area contributed by atoms with Crippen molar-refractivity contribution in [2.75, 3.05) is 24.7 Å². The number of sulfonamides is 1. The Kier molecular flexibility index (Phi) is 6.77. The van der Waals surface area contributed by atoms with Gasteiger partial charge < -0.3 is 5.32 Å². The van der Waals surface area contributed by atoms with Crippen LogP contribution in [0.4, 0.5) is 5.69 Å². The van der Waals surface area contributed by atoms with E-state index in [1.54, 1.807) is 0 Å². The summed E-state index contributed by atoms with van der Waals surface area (Å²) in [7, 11) is -3.30. The van der Waals surface area contributed by atoms with E-state index in [1.807, 2.05) is 46.8 Å². The number of benzene rings is 1. The van der Waals surface area contributed by atoms with Crippen molar-refractivity contribution < 1.29 is 13.2 Å². The van der Waals surface area contributed by atoms with Crippen molar-refractivity contribution in [3.63, 3.8) is 0 Å². The highest BCUT2D eigenvalue weighted by molar-refractivity contribution is 7.88. The number of amides is 1. The second kappa shape index (κ2) is 7.93. The van der Waals surface area contributed by atoms with Crippen LogP contribution in [0.1, 0.15) is 37.0 Å². The highest BCUT2D eigenvalue weighted by Gasteiger charge is 2.19. The van der Waals surface area contributed by atoms with E-state index in [2.05, 4.69) is 5.32 Å². The van der Waals surface area contributed by atoms with E-state index in [1.165, 1.54) is 10.6 Å². The van der Waals surface area contributed by atoms with Crippen LogP contribution < -0.4 is 5.32 Å². The van der Waals surface area contributed by atoms with Gasteiger partial charge in [-0.2, -0.15) is 0 Å². The Hall–Kier alpha value is -1.40. The minimum Gasteiger partial charge on any atom is -0.326 e. The number of nitrogens with zero attached hydrogens (tertiary/aromatic N) is 1. The smallest absolute Gasteiger partial charge is 0.225 e. The molecule has 0 atom stereocenters. The number of hydrogen-bond donors (Lipinski definition) is 1. The predicted octanol–water partition coefficient (Wildman–Crippen LogP) is 2.86. The summed E-state index contributed by atoms with van der Waals surface area (Å²) in [6.45, 7) is 10.5. The fourth-order valence-corrected chi connectivity index (χ4v) is 3.60. The van der Waals surface area contributed by atoms with Crippen LogP contribution in [-0.4, -0.2) is 38.0 Å². The average Bonchev–Trinajstić information content (AvgIpc) is 2.37. The van der Waals surface area contributed by atoms with Gasteiger partial charge in [-0.15, -0.1) is 0 Å². The van der Waals surface area contributed by atoms with Crippen LogP contribution >= 0.6 is 0 Å². The number of anilines is 1. The first-order chi connectivity index (χ1) is 10.5. The maximum Gasteiger partial charge on any atom is 0.225 e. The molecular formula is C17H28N2O3S. The summed E-state index contributed by atoms with van der Waals surface area (Å²) in [5.41, 5.74) is 3.99. The second-order valence-corrected chi connectivity index (χ2v) is 8.57. The number of hydrogen-bond acceptors (Lipinski definition) is 3. The number of aryl methyl sites for hydroxylation is 3. The zero-order valence-electron chi connectivity index (χ0n) is 14.9. The summed E-state index contributed by atoms with van der Waals surface area (Å²) in [5, 5.41) is 2.91. The van der Waals surface area contributed by atoms with Crippen LogP contribution in [-0.2, 0) is 14.8 Å². The first-order valence-electron chi connectivity index (χ1n) is 7.83. The van der Waals surface area contributed by atoms with Crippen molar-refractivity contribution in [3.8, 4) is 0 Å². The third kappa shape index (κ3) is 6.31. The molecule has 1 aromatic rings. The van der Waals surface area contributed by atoms with Crippen molar-refractivity contribution in [1.29, 1.82) is 0 Å². The van der Waals surface area contributed by atoms with E-state index in [-0.39, 0.29) is 24.8 Å². The largest absolute Gasteiger partial charge is 0.326 e. The lowest BCUT2D eigenvalue weighted by Gasteiger charge is -2.22. The lowest BCUT2D eigenvalue weighted by Crippen LogP contribution is -2.35. The molecule has 1 rings (SSSR count). The predicted molar refractivity (Wildman–Crippen MR) is 95.2 cm³/mol. The van der Waals surface area contributed by atoms with Gasteiger partial charge in [0.2, 0.25) is 15.9 Å². The maximum atomic E-state index is 12.2. The molecule has 0 fully saturated rings. The molecule has 0 saturated carbocycles. The van der Waals surface area contributed by atoms with Gasteiger partial charge in [0.05, 0.1) is 6.26 Å². The fraction of sp³-hybridized carbons (Fsp3) is 0.588. The molecule has 0 aliphatic rings. The SMILES string of the molecule is Cc1cc(C)c(NC(=O)CCN(CC(C)C)S(C)(=O)=O)c(C)c1. The molecule has 0 unspecified atom stereocenters. The van der Waals surface area contributed by atoms with E-state index >= 15 is 0 Å². The first kappa shape index (κ1) is 19.6. The Balaban J connectivity index is 2.73. The van der Waals surface area contributed by atoms with Crippen molar-refractivity contribution in [1.82, 2.24) is 4.31 Å². The first-order valence-corrected chi connectivity index (χ1v) is 9.68. The molecule has 0 radical (unpaired) electrons. The normalized spacial score (nSPS) is 12.0. The molecule has 0 saturated heterocycles. The second-order valence-electron chi connectivity index (χ2n) is 6.59. The highest BCUT2D eigenvalue weighted by Crippen LogP contribution is 2.22. The number of rotatable bonds is 7. The molecule has 23 heavy (non-hydrogen) atoms. The molecule has 6 heteroatoms. The molecule has 0 heterocycles. The topological polar surface area (TPSA) is 66.5 Å². The van der Waals surface area contributed by atoms with Gasteiger partial charge >= 0.3 is 0 Å². The Morgan fingerprint density at radius 2 is 1.70 bits per heavy atom. The van der Waals surface area contributed by atoms with Gasteiger partial charge in [-0.1, -0.05) is 31.5 Å². The minimum atomic E-state index is -3.30. The molecule has 1 N–H and O–H groups in total. The Morgan fingerprint density at radius 1 is 1.17 bits per heavy atom. The van der Waals surface area contributed by atoms with Crippen LogP contribution in [0.5, 0.6) is 0 Å². The van der Waals surface area contributed by atoms with Crippen LogP contribution in [0.2, 0.25) is 0 Å². The Bertz CT molecular complexity index is 643. The van der Waals surface area contributed by atoms with Gasteiger partial charge in [-0.3, -0.25) is 4.79 Å². The summed E-state index contributed by atoms with van der Waals surface area (Å²) < 4.78 is 24.9. The maximum absolute atomic E-state index is 12.2. The molecule has 5 nitrogen and oxygen atoms in total. The monoisotopic (exact) mass is 340 g/mol. The van der Waals surface area contributed by atoms with Crippen molar-refractivity contribution in [2.24, 2.45) is 5.92 Å². The van der Waals surface area contributed by atoms with E-state index < -0.39 is 10.0 Å². The molecule has 0 aliphatic carbocycles. The van der Waals surface area contributed by atoms with Gasteiger partial charge in [0, 0.05) is 25.2 Å².